The summed E-state index contributed by atoms with van der Waals surface area (Å²) in [6.45, 7) is 4.07. The molecule has 0 saturated heterocycles. The van der Waals surface area contributed by atoms with Crippen LogP contribution in [-0.4, -0.2) is 36.2 Å². The maximum Gasteiger partial charge on any atom is 0.335 e. The molecule has 0 unspecified atom stereocenters. The van der Waals surface area contributed by atoms with Crippen molar-refractivity contribution in [3.8, 4) is 0 Å². The third kappa shape index (κ3) is 6.24. The van der Waals surface area contributed by atoms with E-state index in [-0.39, 0.29) is 19.4 Å². The second kappa shape index (κ2) is 9.31. The Hall–Kier alpha value is -1.69. The number of hydrogen-bond acceptors (Lipinski definition) is 5. The third-order valence-electron chi connectivity index (χ3n) is 4.11. The zero-order valence-corrected chi connectivity index (χ0v) is 16.0. The molecule has 144 valence electrons. The Kier molecular flexibility index (Phi) is 7.38. The van der Waals surface area contributed by atoms with Crippen molar-refractivity contribution < 1.29 is 28.3 Å². The van der Waals surface area contributed by atoms with Crippen molar-refractivity contribution in [2.24, 2.45) is 5.92 Å². The van der Waals surface area contributed by atoms with Gasteiger partial charge in [0.25, 0.3) is 5.91 Å². The summed E-state index contributed by atoms with van der Waals surface area (Å²) in [5, 5.41) is 11.8. The van der Waals surface area contributed by atoms with Gasteiger partial charge in [-0.25, -0.2) is 4.79 Å². The Balaban J connectivity index is 1.99. The number of carbonyl (C=O) groups excluding carboxylic acids is 1. The molecule has 26 heavy (non-hydrogen) atoms. The lowest BCUT2D eigenvalue weighted by molar-refractivity contribution is -0.139. The highest BCUT2D eigenvalue weighted by atomic mass is 31.2. The SMILES string of the molecule is CCOP(=O)(Cc1ccc(C(=O)N[C@H](CC2CC2)C(=O)O)cc1)OCC. The fourth-order valence-corrected chi connectivity index (χ4v) is 4.36. The molecule has 7 nitrogen and oxygen atoms in total. The lowest BCUT2D eigenvalue weighted by atomic mass is 10.1. The molecular weight excluding hydrogens is 357 g/mol. The van der Waals surface area contributed by atoms with Crippen molar-refractivity contribution in [1.82, 2.24) is 5.32 Å². The zero-order chi connectivity index (χ0) is 19.2. The van der Waals surface area contributed by atoms with E-state index in [1.807, 2.05) is 0 Å². The Morgan fingerprint density at radius 1 is 1.19 bits per heavy atom. The van der Waals surface area contributed by atoms with Gasteiger partial charge in [-0.05, 0) is 43.9 Å². The fourth-order valence-electron chi connectivity index (χ4n) is 2.66. The minimum Gasteiger partial charge on any atom is -0.480 e. The molecule has 1 atom stereocenters. The molecule has 0 aliphatic heterocycles. The van der Waals surface area contributed by atoms with Crippen LogP contribution in [0.3, 0.4) is 0 Å². The van der Waals surface area contributed by atoms with Crippen LogP contribution in [0.2, 0.25) is 0 Å². The van der Waals surface area contributed by atoms with Crippen molar-refractivity contribution in [3.05, 3.63) is 35.4 Å². The van der Waals surface area contributed by atoms with Crippen LogP contribution in [0.15, 0.2) is 24.3 Å². The van der Waals surface area contributed by atoms with Crippen molar-refractivity contribution in [1.29, 1.82) is 0 Å². The normalized spacial score (nSPS) is 15.5. The van der Waals surface area contributed by atoms with E-state index in [0.717, 1.165) is 18.4 Å². The van der Waals surface area contributed by atoms with Crippen LogP contribution in [-0.2, 0) is 24.6 Å². The van der Waals surface area contributed by atoms with Gasteiger partial charge in [-0.2, -0.15) is 0 Å². The summed E-state index contributed by atoms with van der Waals surface area (Å²) in [6.07, 6.45) is 2.63. The van der Waals surface area contributed by atoms with Gasteiger partial charge in [0.05, 0.1) is 19.4 Å². The van der Waals surface area contributed by atoms with E-state index in [0.29, 0.717) is 17.9 Å². The number of aliphatic carboxylic acids is 1. The highest BCUT2D eigenvalue weighted by Crippen LogP contribution is 2.51. The quantitative estimate of drug-likeness (QED) is 0.568. The highest BCUT2D eigenvalue weighted by molar-refractivity contribution is 7.53. The average molecular weight is 383 g/mol. The zero-order valence-electron chi connectivity index (χ0n) is 15.1. The summed E-state index contributed by atoms with van der Waals surface area (Å²) < 4.78 is 23.1. The number of carboxylic acids is 1. The van der Waals surface area contributed by atoms with E-state index in [1.165, 1.54) is 0 Å². The second-order valence-corrected chi connectivity index (χ2v) is 8.40. The van der Waals surface area contributed by atoms with Gasteiger partial charge < -0.3 is 19.5 Å². The molecule has 0 bridgehead atoms. The largest absolute Gasteiger partial charge is 0.480 e. The van der Waals surface area contributed by atoms with Crippen LogP contribution in [0.4, 0.5) is 0 Å². The molecule has 8 heteroatoms. The minimum absolute atomic E-state index is 0.121. The Morgan fingerprint density at radius 2 is 1.77 bits per heavy atom. The number of rotatable bonds is 11. The van der Waals surface area contributed by atoms with E-state index >= 15 is 0 Å². The molecule has 0 heterocycles. The monoisotopic (exact) mass is 383 g/mol. The summed E-state index contributed by atoms with van der Waals surface area (Å²) in [5.41, 5.74) is 1.08. The first-order valence-electron chi connectivity index (χ1n) is 8.87. The Bertz CT molecular complexity index is 661. The van der Waals surface area contributed by atoms with Crippen LogP contribution < -0.4 is 5.32 Å². The molecule has 0 spiro atoms. The highest BCUT2D eigenvalue weighted by Gasteiger charge is 2.30. The summed E-state index contributed by atoms with van der Waals surface area (Å²) in [7, 11) is -3.20. The molecule has 1 aliphatic rings. The molecule has 1 amide bonds. The van der Waals surface area contributed by atoms with Crippen molar-refractivity contribution in [2.45, 2.75) is 45.3 Å². The van der Waals surface area contributed by atoms with Gasteiger partial charge in [0, 0.05) is 5.56 Å². The smallest absolute Gasteiger partial charge is 0.335 e. The molecule has 0 radical (unpaired) electrons. The molecule has 2 rings (SSSR count). The van der Waals surface area contributed by atoms with Gasteiger partial charge in [-0.3, -0.25) is 9.36 Å². The van der Waals surface area contributed by atoms with Crippen molar-refractivity contribution in [3.63, 3.8) is 0 Å². The van der Waals surface area contributed by atoms with E-state index < -0.39 is 25.5 Å². The molecular formula is C18H26NO6P. The number of amides is 1. The first kappa shape index (κ1) is 20.6. The maximum atomic E-state index is 12.5. The van der Waals surface area contributed by atoms with Gasteiger partial charge >= 0.3 is 13.6 Å². The van der Waals surface area contributed by atoms with Crippen molar-refractivity contribution >= 4 is 19.5 Å². The van der Waals surface area contributed by atoms with Gasteiger partial charge in [-0.15, -0.1) is 0 Å². The van der Waals surface area contributed by atoms with Crippen LogP contribution in [0, 0.1) is 5.92 Å². The lowest BCUT2D eigenvalue weighted by Gasteiger charge is -2.17. The van der Waals surface area contributed by atoms with Gasteiger partial charge in [0.2, 0.25) is 0 Å². The fraction of sp³-hybridized carbons (Fsp3) is 0.556. The van der Waals surface area contributed by atoms with Crippen LogP contribution in [0.25, 0.3) is 0 Å². The Morgan fingerprint density at radius 3 is 2.23 bits per heavy atom. The Labute approximate surface area is 153 Å². The number of benzene rings is 1. The van der Waals surface area contributed by atoms with Gasteiger partial charge in [-0.1, -0.05) is 25.0 Å². The molecule has 0 aromatic heterocycles. The third-order valence-corrected chi connectivity index (χ3v) is 6.17. The predicted octanol–water partition coefficient (Wildman–Crippen LogP) is 3.44. The lowest BCUT2D eigenvalue weighted by Crippen LogP contribution is -2.41. The molecule has 1 aromatic carbocycles. The standard InChI is InChI=1S/C18H26NO6P/c1-3-24-26(23,25-4-2)12-14-7-9-15(10-8-14)17(20)19-16(18(21)22)11-13-5-6-13/h7-10,13,16H,3-6,11-12H2,1-2H3,(H,19,20)(H,21,22)/t16-/m1/s1. The summed E-state index contributed by atoms with van der Waals surface area (Å²) >= 11 is 0. The number of carbonyl (C=O) groups is 2. The van der Waals surface area contributed by atoms with Crippen LogP contribution >= 0.6 is 7.60 Å². The van der Waals surface area contributed by atoms with E-state index in [1.54, 1.807) is 38.1 Å². The predicted molar refractivity (Wildman–Crippen MR) is 97.2 cm³/mol. The maximum absolute atomic E-state index is 12.5. The molecule has 1 fully saturated rings. The van der Waals surface area contributed by atoms with E-state index in [9.17, 15) is 19.3 Å². The minimum atomic E-state index is -3.20. The van der Waals surface area contributed by atoms with E-state index in [2.05, 4.69) is 5.32 Å². The molecule has 1 saturated carbocycles. The van der Waals surface area contributed by atoms with Crippen LogP contribution in [0.5, 0.6) is 0 Å². The first-order chi connectivity index (χ1) is 12.4. The van der Waals surface area contributed by atoms with Crippen LogP contribution in [0.1, 0.15) is 49.0 Å². The molecule has 2 N–H and O–H groups in total. The summed E-state index contributed by atoms with van der Waals surface area (Å²) in [6, 6.07) is 5.66. The summed E-state index contributed by atoms with van der Waals surface area (Å²) in [4.78, 5) is 23.6. The van der Waals surface area contributed by atoms with Gasteiger partial charge in [0.1, 0.15) is 6.04 Å². The molecule has 1 aromatic rings. The molecule has 1 aliphatic carbocycles. The number of nitrogens with one attached hydrogen (secondary N) is 1. The topological polar surface area (TPSA) is 102 Å². The number of carboxylic acid groups (broad SMARTS) is 1. The van der Waals surface area contributed by atoms with E-state index in [4.69, 9.17) is 9.05 Å². The average Bonchev–Trinajstić information content (AvgIpc) is 3.39. The first-order valence-corrected chi connectivity index (χ1v) is 10.6. The van der Waals surface area contributed by atoms with Crippen molar-refractivity contribution in [2.75, 3.05) is 13.2 Å². The summed E-state index contributed by atoms with van der Waals surface area (Å²) in [5.74, 6) is -1.05. The van der Waals surface area contributed by atoms with Gasteiger partial charge in [0.15, 0.2) is 0 Å². The number of hydrogen-bond donors (Lipinski definition) is 2. The second-order valence-electron chi connectivity index (χ2n) is 6.34.